The third kappa shape index (κ3) is 3.39. The standard InChI is InChI=1S/C16H13BrN4O2S/c1-23-13-5-3-2-4-12(13)19-16(24)21-20-14-10-8-9(17)6-7-11(10)18-15(14)22/h2-8,18,22H,1H3,(H,19,24). The number of rotatable bonds is 3. The molecule has 24 heavy (non-hydrogen) atoms. The van der Waals surface area contributed by atoms with Crippen LogP contribution in [0.3, 0.4) is 0 Å². The topological polar surface area (TPSA) is 82.0 Å². The molecule has 2 aromatic carbocycles. The Balaban J connectivity index is 1.84. The minimum Gasteiger partial charge on any atom is -0.495 e. The fraction of sp³-hybridized carbons (Fsp3) is 0.0625. The zero-order valence-corrected chi connectivity index (χ0v) is 15.0. The first-order valence-electron chi connectivity index (χ1n) is 6.94. The smallest absolute Gasteiger partial charge is 0.218 e. The Morgan fingerprint density at radius 3 is 2.88 bits per heavy atom. The van der Waals surface area contributed by atoms with E-state index in [2.05, 4.69) is 36.5 Å². The van der Waals surface area contributed by atoms with Gasteiger partial charge in [0.2, 0.25) is 11.0 Å². The summed E-state index contributed by atoms with van der Waals surface area (Å²) >= 11 is 8.58. The van der Waals surface area contributed by atoms with E-state index in [0.717, 1.165) is 15.4 Å². The summed E-state index contributed by atoms with van der Waals surface area (Å²) in [5, 5.41) is 21.9. The molecule has 6 nitrogen and oxygen atoms in total. The van der Waals surface area contributed by atoms with Crippen molar-refractivity contribution in [1.82, 2.24) is 4.98 Å². The number of aromatic hydroxyl groups is 1. The number of anilines is 1. The number of halogens is 1. The second-order valence-corrected chi connectivity index (χ2v) is 6.14. The van der Waals surface area contributed by atoms with E-state index in [-0.39, 0.29) is 11.0 Å². The summed E-state index contributed by atoms with van der Waals surface area (Å²) in [6, 6.07) is 12.9. The summed E-state index contributed by atoms with van der Waals surface area (Å²) in [4.78, 5) is 2.84. The van der Waals surface area contributed by atoms with E-state index < -0.39 is 0 Å². The van der Waals surface area contributed by atoms with E-state index >= 15 is 0 Å². The molecule has 3 rings (SSSR count). The number of fused-ring (bicyclic) bond motifs is 1. The normalized spacial score (nSPS) is 11.1. The minimum atomic E-state index is -0.0630. The van der Waals surface area contributed by atoms with Gasteiger partial charge < -0.3 is 20.1 Å². The first kappa shape index (κ1) is 16.4. The van der Waals surface area contributed by atoms with Crippen LogP contribution in [0.2, 0.25) is 0 Å². The highest BCUT2D eigenvalue weighted by molar-refractivity contribution is 9.10. The number of nitrogens with one attached hydrogen (secondary N) is 2. The summed E-state index contributed by atoms with van der Waals surface area (Å²) in [5.74, 6) is 0.584. The van der Waals surface area contributed by atoms with Crippen molar-refractivity contribution in [2.75, 3.05) is 12.4 Å². The van der Waals surface area contributed by atoms with Gasteiger partial charge in [-0.2, -0.15) is 0 Å². The molecule has 0 spiro atoms. The lowest BCUT2D eigenvalue weighted by atomic mass is 10.2. The number of para-hydroxylation sites is 2. The van der Waals surface area contributed by atoms with E-state index in [4.69, 9.17) is 17.0 Å². The molecule has 0 bridgehead atoms. The summed E-state index contributed by atoms with van der Waals surface area (Å²) in [5.41, 5.74) is 1.78. The summed E-state index contributed by atoms with van der Waals surface area (Å²) in [6.45, 7) is 0. The van der Waals surface area contributed by atoms with E-state index in [0.29, 0.717) is 17.1 Å². The summed E-state index contributed by atoms with van der Waals surface area (Å²) in [6.07, 6.45) is 0. The molecule has 0 aliphatic rings. The van der Waals surface area contributed by atoms with Gasteiger partial charge in [-0.25, -0.2) is 0 Å². The summed E-state index contributed by atoms with van der Waals surface area (Å²) in [7, 11) is 1.58. The molecule has 0 amide bonds. The fourth-order valence-electron chi connectivity index (χ4n) is 2.22. The van der Waals surface area contributed by atoms with Crippen molar-refractivity contribution in [3.8, 4) is 11.6 Å². The van der Waals surface area contributed by atoms with Crippen LogP contribution in [0, 0.1) is 0 Å². The van der Waals surface area contributed by atoms with Crippen LogP contribution in [-0.4, -0.2) is 22.3 Å². The van der Waals surface area contributed by atoms with Gasteiger partial charge >= 0.3 is 0 Å². The molecule has 1 aromatic heterocycles. The quantitative estimate of drug-likeness (QED) is 0.417. The molecular weight excluding hydrogens is 392 g/mol. The Morgan fingerprint density at radius 1 is 1.29 bits per heavy atom. The number of benzene rings is 2. The number of thiocarbonyl (C=S) groups is 1. The van der Waals surface area contributed by atoms with Gasteiger partial charge in [-0.05, 0) is 42.5 Å². The molecular formula is C16H13BrN4O2S. The number of H-pyrrole nitrogens is 1. The second kappa shape index (κ2) is 6.98. The fourth-order valence-corrected chi connectivity index (χ4v) is 2.73. The number of hydrogen-bond donors (Lipinski definition) is 3. The lowest BCUT2D eigenvalue weighted by Gasteiger charge is -2.08. The van der Waals surface area contributed by atoms with Crippen LogP contribution < -0.4 is 10.1 Å². The van der Waals surface area contributed by atoms with Gasteiger partial charge in [-0.15, -0.1) is 10.2 Å². The molecule has 3 aromatic rings. The van der Waals surface area contributed by atoms with E-state index in [1.54, 1.807) is 7.11 Å². The molecule has 1 heterocycles. The van der Waals surface area contributed by atoms with Crippen molar-refractivity contribution < 1.29 is 9.84 Å². The van der Waals surface area contributed by atoms with E-state index in [1.165, 1.54) is 0 Å². The monoisotopic (exact) mass is 404 g/mol. The Labute approximate surface area is 151 Å². The van der Waals surface area contributed by atoms with Gasteiger partial charge in [0.15, 0.2) is 5.69 Å². The first-order chi connectivity index (χ1) is 11.6. The van der Waals surface area contributed by atoms with Crippen molar-refractivity contribution >= 4 is 55.5 Å². The van der Waals surface area contributed by atoms with Crippen molar-refractivity contribution in [1.29, 1.82) is 0 Å². The third-order valence-electron chi connectivity index (χ3n) is 3.30. The predicted octanol–water partition coefficient (Wildman–Crippen LogP) is 5.13. The third-order valence-corrected chi connectivity index (χ3v) is 3.98. The highest BCUT2D eigenvalue weighted by atomic mass is 79.9. The molecule has 8 heteroatoms. The van der Waals surface area contributed by atoms with Crippen LogP contribution >= 0.6 is 28.1 Å². The van der Waals surface area contributed by atoms with E-state index in [9.17, 15) is 5.11 Å². The van der Waals surface area contributed by atoms with Crippen molar-refractivity contribution in [3.05, 3.63) is 46.9 Å². The Morgan fingerprint density at radius 2 is 2.08 bits per heavy atom. The lowest BCUT2D eigenvalue weighted by Crippen LogP contribution is -2.06. The van der Waals surface area contributed by atoms with Crippen molar-refractivity contribution in [3.63, 3.8) is 0 Å². The van der Waals surface area contributed by atoms with Gasteiger partial charge in [0.05, 0.1) is 18.3 Å². The van der Waals surface area contributed by atoms with Gasteiger partial charge in [-0.3, -0.25) is 0 Å². The van der Waals surface area contributed by atoms with Gasteiger partial charge in [0.1, 0.15) is 5.75 Å². The number of aromatic amines is 1. The van der Waals surface area contributed by atoms with Crippen LogP contribution in [0.25, 0.3) is 10.9 Å². The number of nitrogens with zero attached hydrogens (tertiary/aromatic N) is 2. The maximum absolute atomic E-state index is 10.0. The zero-order valence-electron chi connectivity index (χ0n) is 12.6. The van der Waals surface area contributed by atoms with Crippen LogP contribution in [0.15, 0.2) is 57.2 Å². The molecule has 0 unspecified atom stereocenters. The molecule has 0 atom stereocenters. The van der Waals surface area contributed by atoms with Gasteiger partial charge in [0.25, 0.3) is 0 Å². The highest BCUT2D eigenvalue weighted by Gasteiger charge is 2.11. The van der Waals surface area contributed by atoms with E-state index in [1.807, 2.05) is 42.5 Å². The molecule has 3 N–H and O–H groups in total. The zero-order chi connectivity index (χ0) is 17.1. The molecule has 0 fully saturated rings. The predicted molar refractivity (Wildman–Crippen MR) is 101 cm³/mol. The molecule has 0 saturated heterocycles. The molecule has 122 valence electrons. The largest absolute Gasteiger partial charge is 0.495 e. The Kier molecular flexibility index (Phi) is 4.77. The molecule has 0 saturated carbocycles. The van der Waals surface area contributed by atoms with Crippen LogP contribution in [0.4, 0.5) is 11.4 Å². The first-order valence-corrected chi connectivity index (χ1v) is 8.14. The SMILES string of the molecule is COc1ccccc1NC(=S)N=Nc1c(O)[nH]c2ccc(Br)cc12. The average molecular weight is 405 g/mol. The van der Waals surface area contributed by atoms with Gasteiger partial charge in [-0.1, -0.05) is 28.1 Å². The van der Waals surface area contributed by atoms with Crippen molar-refractivity contribution in [2.45, 2.75) is 0 Å². The summed E-state index contributed by atoms with van der Waals surface area (Å²) < 4.78 is 6.12. The number of azo groups is 1. The minimum absolute atomic E-state index is 0.0630. The van der Waals surface area contributed by atoms with Crippen LogP contribution in [-0.2, 0) is 0 Å². The number of ether oxygens (including phenoxy) is 1. The lowest BCUT2D eigenvalue weighted by molar-refractivity contribution is 0.417. The number of aromatic nitrogens is 1. The van der Waals surface area contributed by atoms with Crippen LogP contribution in [0.1, 0.15) is 0 Å². The molecule has 0 radical (unpaired) electrons. The Bertz CT molecular complexity index is 939. The maximum Gasteiger partial charge on any atom is 0.218 e. The number of methoxy groups -OCH3 is 1. The van der Waals surface area contributed by atoms with Crippen LogP contribution in [0.5, 0.6) is 11.6 Å². The van der Waals surface area contributed by atoms with Crippen molar-refractivity contribution in [2.24, 2.45) is 10.2 Å². The average Bonchev–Trinajstić information content (AvgIpc) is 2.88. The van der Waals surface area contributed by atoms with Gasteiger partial charge in [0, 0.05) is 9.86 Å². The number of hydrogen-bond acceptors (Lipinski definition) is 4. The maximum atomic E-state index is 10.0. The molecule has 0 aliphatic heterocycles. The molecule has 0 aliphatic carbocycles. The Hall–Kier alpha value is -2.45. The second-order valence-electron chi connectivity index (χ2n) is 4.84. The highest BCUT2D eigenvalue weighted by Crippen LogP contribution is 2.36.